The molecule has 1 atom stereocenters. The van der Waals surface area contributed by atoms with E-state index in [-0.39, 0.29) is 30.4 Å². The van der Waals surface area contributed by atoms with E-state index in [1.165, 1.54) is 0 Å². The average molecular weight is 340 g/mol. The summed E-state index contributed by atoms with van der Waals surface area (Å²) in [5.41, 5.74) is 6.96. The molecule has 0 bridgehead atoms. The number of hydrogen-bond acceptors (Lipinski definition) is 3. The van der Waals surface area contributed by atoms with Gasteiger partial charge in [0.25, 0.3) is 0 Å². The number of halogens is 1. The second kappa shape index (κ2) is 9.26. The van der Waals surface area contributed by atoms with E-state index in [1.54, 1.807) is 0 Å². The van der Waals surface area contributed by atoms with Crippen LogP contribution < -0.4 is 10.6 Å². The van der Waals surface area contributed by atoms with Gasteiger partial charge in [0.05, 0.1) is 6.54 Å². The van der Waals surface area contributed by atoms with Crippen molar-refractivity contribution in [2.75, 3.05) is 24.5 Å². The van der Waals surface area contributed by atoms with Crippen LogP contribution in [-0.4, -0.2) is 42.5 Å². The number of rotatable bonds is 5. The first-order valence-corrected chi connectivity index (χ1v) is 8.34. The summed E-state index contributed by atoms with van der Waals surface area (Å²) >= 11 is 0. The Bertz CT molecular complexity index is 470. The molecule has 0 aliphatic carbocycles. The van der Waals surface area contributed by atoms with Gasteiger partial charge in [0.1, 0.15) is 0 Å². The molecule has 0 spiro atoms. The van der Waals surface area contributed by atoms with Crippen LogP contribution in [-0.2, 0) is 4.79 Å². The standard InChI is InChI=1S/C18H29N3O.ClH/c1-14(2)21(17-7-5-4-6-8-17)18(22)13-20-11-9-16(10-12-20)15(3)19;/h4-8,14-16H,9-13,19H2,1-3H3;1H. The minimum atomic E-state index is 0. The Hall–Kier alpha value is -1.10. The number of amides is 1. The van der Waals surface area contributed by atoms with E-state index in [1.807, 2.05) is 35.2 Å². The predicted molar refractivity (Wildman–Crippen MR) is 99.1 cm³/mol. The van der Waals surface area contributed by atoms with Crippen LogP contribution in [0.5, 0.6) is 0 Å². The lowest BCUT2D eigenvalue weighted by atomic mass is 9.91. The molecule has 1 heterocycles. The third kappa shape index (κ3) is 5.48. The lowest BCUT2D eigenvalue weighted by molar-refractivity contribution is -0.120. The zero-order valence-electron chi connectivity index (χ0n) is 14.4. The molecule has 130 valence electrons. The first-order valence-electron chi connectivity index (χ1n) is 8.34. The monoisotopic (exact) mass is 339 g/mol. The number of benzene rings is 1. The number of nitrogens with zero attached hydrogens (tertiary/aromatic N) is 2. The summed E-state index contributed by atoms with van der Waals surface area (Å²) in [6.07, 6.45) is 2.19. The summed E-state index contributed by atoms with van der Waals surface area (Å²) in [7, 11) is 0. The van der Waals surface area contributed by atoms with Crippen LogP contribution in [0.1, 0.15) is 33.6 Å². The first-order chi connectivity index (χ1) is 10.5. The third-order valence-corrected chi connectivity index (χ3v) is 4.55. The quantitative estimate of drug-likeness (QED) is 0.897. The van der Waals surface area contributed by atoms with Gasteiger partial charge >= 0.3 is 0 Å². The van der Waals surface area contributed by atoms with Gasteiger partial charge in [0.2, 0.25) is 5.91 Å². The lowest BCUT2D eigenvalue weighted by Crippen LogP contribution is -2.47. The highest BCUT2D eigenvalue weighted by molar-refractivity contribution is 5.95. The summed E-state index contributed by atoms with van der Waals surface area (Å²) in [6, 6.07) is 10.4. The van der Waals surface area contributed by atoms with Crippen LogP contribution in [0.3, 0.4) is 0 Å². The SMILES string of the molecule is CC(N)C1CCN(CC(=O)N(c2ccccc2)C(C)C)CC1.Cl. The normalized spacial score (nSPS) is 17.6. The van der Waals surface area contributed by atoms with Gasteiger partial charge in [-0.1, -0.05) is 18.2 Å². The maximum Gasteiger partial charge on any atom is 0.241 e. The second-order valence-electron chi connectivity index (χ2n) is 6.67. The van der Waals surface area contributed by atoms with Crippen LogP contribution >= 0.6 is 12.4 Å². The van der Waals surface area contributed by atoms with E-state index in [9.17, 15) is 4.79 Å². The summed E-state index contributed by atoms with van der Waals surface area (Å²) in [6.45, 7) is 8.65. The Labute approximate surface area is 146 Å². The number of carbonyl (C=O) groups excluding carboxylic acids is 1. The molecule has 1 saturated heterocycles. The van der Waals surface area contributed by atoms with Crippen molar-refractivity contribution in [2.24, 2.45) is 11.7 Å². The van der Waals surface area contributed by atoms with E-state index in [2.05, 4.69) is 25.7 Å². The minimum Gasteiger partial charge on any atom is -0.328 e. The van der Waals surface area contributed by atoms with Gasteiger partial charge in [-0.25, -0.2) is 0 Å². The van der Waals surface area contributed by atoms with Gasteiger partial charge in [-0.3, -0.25) is 9.69 Å². The first kappa shape index (κ1) is 19.9. The van der Waals surface area contributed by atoms with Crippen molar-refractivity contribution in [1.82, 2.24) is 4.90 Å². The molecule has 1 aliphatic rings. The van der Waals surface area contributed by atoms with Gasteiger partial charge in [0, 0.05) is 17.8 Å². The van der Waals surface area contributed by atoms with Crippen molar-refractivity contribution >= 4 is 24.0 Å². The summed E-state index contributed by atoms with van der Waals surface area (Å²) in [5.74, 6) is 0.780. The highest BCUT2D eigenvalue weighted by atomic mass is 35.5. The van der Waals surface area contributed by atoms with Crippen LogP contribution in [0.25, 0.3) is 0 Å². The second-order valence-corrected chi connectivity index (χ2v) is 6.67. The molecule has 1 aromatic rings. The van der Waals surface area contributed by atoms with E-state index in [0.29, 0.717) is 12.5 Å². The molecule has 0 saturated carbocycles. The smallest absolute Gasteiger partial charge is 0.241 e. The fraction of sp³-hybridized carbons (Fsp3) is 0.611. The molecule has 1 unspecified atom stereocenters. The molecule has 2 N–H and O–H groups in total. The van der Waals surface area contributed by atoms with Crippen LogP contribution in [0.2, 0.25) is 0 Å². The van der Waals surface area contributed by atoms with Gasteiger partial charge < -0.3 is 10.6 Å². The van der Waals surface area contributed by atoms with E-state index in [0.717, 1.165) is 31.6 Å². The maximum absolute atomic E-state index is 12.7. The number of carbonyl (C=O) groups is 1. The molecular weight excluding hydrogens is 310 g/mol. The molecule has 1 amide bonds. The number of nitrogens with two attached hydrogens (primary N) is 1. The lowest BCUT2D eigenvalue weighted by Gasteiger charge is -2.35. The molecule has 23 heavy (non-hydrogen) atoms. The van der Waals surface area contributed by atoms with Crippen LogP contribution in [0.15, 0.2) is 30.3 Å². The minimum absolute atomic E-state index is 0. The largest absolute Gasteiger partial charge is 0.328 e. The van der Waals surface area contributed by atoms with Crippen molar-refractivity contribution < 1.29 is 4.79 Å². The van der Waals surface area contributed by atoms with Gasteiger partial charge in [-0.15, -0.1) is 12.4 Å². The van der Waals surface area contributed by atoms with E-state index < -0.39 is 0 Å². The van der Waals surface area contributed by atoms with Gasteiger partial charge in [0.15, 0.2) is 0 Å². The molecule has 4 nitrogen and oxygen atoms in total. The predicted octanol–water partition coefficient (Wildman–Crippen LogP) is 2.91. The summed E-state index contributed by atoms with van der Waals surface area (Å²) < 4.78 is 0. The van der Waals surface area contributed by atoms with Crippen molar-refractivity contribution in [3.63, 3.8) is 0 Å². The van der Waals surface area contributed by atoms with Gasteiger partial charge in [-0.05, 0) is 64.8 Å². The molecule has 0 aromatic heterocycles. The van der Waals surface area contributed by atoms with Crippen LogP contribution in [0, 0.1) is 5.92 Å². The fourth-order valence-electron chi connectivity index (χ4n) is 3.22. The van der Waals surface area contributed by atoms with Crippen molar-refractivity contribution in [3.05, 3.63) is 30.3 Å². The number of hydrogen-bond donors (Lipinski definition) is 1. The van der Waals surface area contributed by atoms with Crippen molar-refractivity contribution in [3.8, 4) is 0 Å². The number of anilines is 1. The Morgan fingerprint density at radius 2 is 1.78 bits per heavy atom. The summed E-state index contributed by atoms with van der Waals surface area (Å²) in [4.78, 5) is 16.9. The van der Waals surface area contributed by atoms with E-state index in [4.69, 9.17) is 5.73 Å². The van der Waals surface area contributed by atoms with Crippen molar-refractivity contribution in [1.29, 1.82) is 0 Å². The molecule has 1 fully saturated rings. The molecule has 2 rings (SSSR count). The Morgan fingerprint density at radius 1 is 1.22 bits per heavy atom. The van der Waals surface area contributed by atoms with Gasteiger partial charge in [-0.2, -0.15) is 0 Å². The zero-order chi connectivity index (χ0) is 16.1. The number of likely N-dealkylation sites (tertiary alicyclic amines) is 1. The fourth-order valence-corrected chi connectivity index (χ4v) is 3.22. The molecule has 1 aromatic carbocycles. The summed E-state index contributed by atoms with van der Waals surface area (Å²) in [5, 5.41) is 0. The van der Waals surface area contributed by atoms with Crippen LogP contribution in [0.4, 0.5) is 5.69 Å². The van der Waals surface area contributed by atoms with Crippen molar-refractivity contribution in [2.45, 2.75) is 45.7 Å². The average Bonchev–Trinajstić information content (AvgIpc) is 2.48. The highest BCUT2D eigenvalue weighted by Gasteiger charge is 2.26. The number of piperidine rings is 1. The Kier molecular flexibility index (Phi) is 8.03. The highest BCUT2D eigenvalue weighted by Crippen LogP contribution is 2.21. The maximum atomic E-state index is 12.7. The molecule has 1 aliphatic heterocycles. The third-order valence-electron chi connectivity index (χ3n) is 4.55. The Morgan fingerprint density at radius 3 is 2.26 bits per heavy atom. The molecule has 5 heteroatoms. The molecule has 0 radical (unpaired) electrons. The topological polar surface area (TPSA) is 49.6 Å². The number of para-hydroxylation sites is 1. The zero-order valence-corrected chi connectivity index (χ0v) is 15.3. The Balaban J connectivity index is 0.00000264. The van der Waals surface area contributed by atoms with E-state index >= 15 is 0 Å². The molecular formula is C18H30ClN3O.